The molecule has 28 heavy (non-hydrogen) atoms. The standard InChI is InChI=1S/C22H26N4OS/c1-17-7-5-11-19-20(17)24-22(28-19)26-15-13-25(14-16-26)21(27)23-12-6-10-18-8-3-2-4-9-18/h2-5,7-9,11H,6,10,12-16H2,1H3,(H,23,27). The topological polar surface area (TPSA) is 48.5 Å². The number of nitrogens with one attached hydrogen (secondary N) is 1. The molecule has 0 aliphatic carbocycles. The van der Waals surface area contributed by atoms with Crippen molar-refractivity contribution in [3.8, 4) is 0 Å². The van der Waals surface area contributed by atoms with Crippen LogP contribution >= 0.6 is 11.3 Å². The fraction of sp³-hybridized carbons (Fsp3) is 0.364. The lowest BCUT2D eigenvalue weighted by atomic mass is 10.1. The number of carbonyl (C=O) groups is 1. The van der Waals surface area contributed by atoms with Gasteiger partial charge in [-0.05, 0) is 37.0 Å². The highest BCUT2D eigenvalue weighted by atomic mass is 32.1. The molecule has 0 spiro atoms. The predicted octanol–water partition coefficient (Wildman–Crippen LogP) is 4.07. The first-order valence-corrected chi connectivity index (χ1v) is 10.7. The molecule has 0 unspecified atom stereocenters. The van der Waals surface area contributed by atoms with E-state index in [0.717, 1.165) is 49.7 Å². The number of fused-ring (bicyclic) bond motifs is 1. The number of rotatable bonds is 5. The highest BCUT2D eigenvalue weighted by molar-refractivity contribution is 7.22. The molecule has 1 aromatic heterocycles. The van der Waals surface area contributed by atoms with Crippen LogP contribution in [0.15, 0.2) is 48.5 Å². The minimum absolute atomic E-state index is 0.0489. The third-order valence-electron chi connectivity index (χ3n) is 5.21. The lowest BCUT2D eigenvalue weighted by Crippen LogP contribution is -2.52. The number of hydrogen-bond acceptors (Lipinski definition) is 4. The number of para-hydroxylation sites is 1. The molecule has 5 nitrogen and oxygen atoms in total. The van der Waals surface area contributed by atoms with Crippen LogP contribution in [0.2, 0.25) is 0 Å². The quantitative estimate of drug-likeness (QED) is 0.664. The SMILES string of the molecule is Cc1cccc2sc(N3CCN(C(=O)NCCCc4ccccc4)CC3)nc12. The van der Waals surface area contributed by atoms with Crippen molar-refractivity contribution in [2.75, 3.05) is 37.6 Å². The number of nitrogens with zero attached hydrogens (tertiary/aromatic N) is 3. The first-order valence-electron chi connectivity index (χ1n) is 9.88. The molecule has 0 saturated carbocycles. The number of hydrogen-bond donors (Lipinski definition) is 1. The minimum Gasteiger partial charge on any atom is -0.345 e. The Labute approximate surface area is 170 Å². The van der Waals surface area contributed by atoms with Crippen molar-refractivity contribution >= 4 is 32.7 Å². The smallest absolute Gasteiger partial charge is 0.317 e. The second-order valence-electron chi connectivity index (χ2n) is 7.21. The Morgan fingerprint density at radius 3 is 2.61 bits per heavy atom. The van der Waals surface area contributed by atoms with Gasteiger partial charge in [0.1, 0.15) is 0 Å². The van der Waals surface area contributed by atoms with Crippen LogP contribution in [0.3, 0.4) is 0 Å². The summed E-state index contributed by atoms with van der Waals surface area (Å²) in [6.07, 6.45) is 1.95. The molecule has 6 heteroatoms. The number of anilines is 1. The van der Waals surface area contributed by atoms with Gasteiger partial charge < -0.3 is 15.1 Å². The molecule has 1 aliphatic rings. The Kier molecular flexibility index (Phi) is 5.76. The number of aryl methyl sites for hydroxylation is 2. The van der Waals surface area contributed by atoms with E-state index in [-0.39, 0.29) is 6.03 Å². The summed E-state index contributed by atoms with van der Waals surface area (Å²) in [6, 6.07) is 16.8. The number of aromatic nitrogens is 1. The maximum Gasteiger partial charge on any atom is 0.317 e. The normalized spacial score (nSPS) is 14.5. The Hall–Kier alpha value is -2.60. The van der Waals surface area contributed by atoms with E-state index >= 15 is 0 Å². The van der Waals surface area contributed by atoms with Crippen LogP contribution in [0.25, 0.3) is 10.2 Å². The van der Waals surface area contributed by atoms with Gasteiger partial charge in [-0.25, -0.2) is 9.78 Å². The summed E-state index contributed by atoms with van der Waals surface area (Å²) in [5.41, 5.74) is 3.63. The van der Waals surface area contributed by atoms with Crippen molar-refractivity contribution in [1.82, 2.24) is 15.2 Å². The zero-order valence-corrected chi connectivity index (χ0v) is 17.0. The van der Waals surface area contributed by atoms with Crippen LogP contribution in [0, 0.1) is 6.92 Å². The summed E-state index contributed by atoms with van der Waals surface area (Å²) in [4.78, 5) is 21.5. The van der Waals surface area contributed by atoms with Gasteiger partial charge in [-0.1, -0.05) is 53.8 Å². The van der Waals surface area contributed by atoms with Crippen LogP contribution in [0.4, 0.5) is 9.93 Å². The average Bonchev–Trinajstić information content (AvgIpc) is 3.18. The Bertz CT molecular complexity index is 932. The van der Waals surface area contributed by atoms with Crippen molar-refractivity contribution in [3.05, 3.63) is 59.7 Å². The van der Waals surface area contributed by atoms with Crippen LogP contribution in [0.1, 0.15) is 17.5 Å². The molecule has 0 atom stereocenters. The molecule has 4 rings (SSSR count). The molecule has 146 valence electrons. The number of piperazine rings is 1. The maximum atomic E-state index is 12.4. The van der Waals surface area contributed by atoms with Gasteiger partial charge in [0.25, 0.3) is 0 Å². The van der Waals surface area contributed by atoms with Gasteiger partial charge >= 0.3 is 6.03 Å². The van der Waals surface area contributed by atoms with Crippen LogP contribution in [-0.4, -0.2) is 48.6 Å². The summed E-state index contributed by atoms with van der Waals surface area (Å²) in [7, 11) is 0. The van der Waals surface area contributed by atoms with Gasteiger partial charge in [0, 0.05) is 32.7 Å². The number of amides is 2. The largest absolute Gasteiger partial charge is 0.345 e. The fourth-order valence-electron chi connectivity index (χ4n) is 3.55. The third kappa shape index (κ3) is 4.28. The van der Waals surface area contributed by atoms with Gasteiger partial charge in [0.2, 0.25) is 0 Å². The summed E-state index contributed by atoms with van der Waals surface area (Å²) in [6.45, 7) is 5.95. The van der Waals surface area contributed by atoms with E-state index in [4.69, 9.17) is 4.98 Å². The summed E-state index contributed by atoms with van der Waals surface area (Å²) < 4.78 is 1.23. The van der Waals surface area contributed by atoms with E-state index < -0.39 is 0 Å². The monoisotopic (exact) mass is 394 g/mol. The van der Waals surface area contributed by atoms with Gasteiger partial charge in [-0.15, -0.1) is 0 Å². The highest BCUT2D eigenvalue weighted by Gasteiger charge is 2.23. The Morgan fingerprint density at radius 2 is 1.86 bits per heavy atom. The molecule has 1 aliphatic heterocycles. The second kappa shape index (κ2) is 8.61. The second-order valence-corrected chi connectivity index (χ2v) is 8.22. The van der Waals surface area contributed by atoms with Crippen LogP contribution in [-0.2, 0) is 6.42 Å². The van der Waals surface area contributed by atoms with Crippen LogP contribution < -0.4 is 10.2 Å². The molecule has 2 heterocycles. The molecule has 2 amide bonds. The average molecular weight is 395 g/mol. The summed E-state index contributed by atoms with van der Waals surface area (Å²) in [5.74, 6) is 0. The van der Waals surface area contributed by atoms with E-state index in [2.05, 4.69) is 59.6 Å². The highest BCUT2D eigenvalue weighted by Crippen LogP contribution is 2.30. The number of carbonyl (C=O) groups excluding carboxylic acids is 1. The predicted molar refractivity (Wildman–Crippen MR) is 116 cm³/mol. The lowest BCUT2D eigenvalue weighted by Gasteiger charge is -2.34. The zero-order valence-electron chi connectivity index (χ0n) is 16.2. The van der Waals surface area contributed by atoms with Crippen molar-refractivity contribution in [2.24, 2.45) is 0 Å². The van der Waals surface area contributed by atoms with E-state index in [1.807, 2.05) is 11.0 Å². The number of thiazole rings is 1. The molecule has 1 fully saturated rings. The zero-order chi connectivity index (χ0) is 19.3. The van der Waals surface area contributed by atoms with Crippen molar-refractivity contribution in [2.45, 2.75) is 19.8 Å². The molecule has 2 aromatic carbocycles. The third-order valence-corrected chi connectivity index (χ3v) is 6.29. The fourth-order valence-corrected chi connectivity index (χ4v) is 4.65. The molecular weight excluding hydrogens is 368 g/mol. The van der Waals surface area contributed by atoms with Gasteiger partial charge in [0.15, 0.2) is 5.13 Å². The summed E-state index contributed by atoms with van der Waals surface area (Å²) in [5, 5.41) is 4.12. The molecule has 1 N–H and O–H groups in total. The van der Waals surface area contributed by atoms with E-state index in [9.17, 15) is 4.79 Å². The Balaban J connectivity index is 1.24. The van der Waals surface area contributed by atoms with Gasteiger partial charge in [0.05, 0.1) is 10.2 Å². The minimum atomic E-state index is 0.0489. The van der Waals surface area contributed by atoms with Gasteiger partial charge in [-0.2, -0.15) is 0 Å². The van der Waals surface area contributed by atoms with Crippen LogP contribution in [0.5, 0.6) is 0 Å². The van der Waals surface area contributed by atoms with Gasteiger partial charge in [-0.3, -0.25) is 0 Å². The molecular formula is C22H26N4OS. The van der Waals surface area contributed by atoms with E-state index in [1.54, 1.807) is 11.3 Å². The first-order chi connectivity index (χ1) is 13.7. The molecule has 3 aromatic rings. The summed E-state index contributed by atoms with van der Waals surface area (Å²) >= 11 is 1.74. The van der Waals surface area contributed by atoms with E-state index in [0.29, 0.717) is 6.54 Å². The van der Waals surface area contributed by atoms with Crippen molar-refractivity contribution in [3.63, 3.8) is 0 Å². The van der Waals surface area contributed by atoms with Crippen molar-refractivity contribution in [1.29, 1.82) is 0 Å². The molecule has 0 radical (unpaired) electrons. The first kappa shape index (κ1) is 18.7. The van der Waals surface area contributed by atoms with Crippen molar-refractivity contribution < 1.29 is 4.79 Å². The Morgan fingerprint density at radius 1 is 1.07 bits per heavy atom. The van der Waals surface area contributed by atoms with E-state index in [1.165, 1.54) is 15.8 Å². The maximum absolute atomic E-state index is 12.4. The lowest BCUT2D eigenvalue weighted by molar-refractivity contribution is 0.194. The molecule has 0 bridgehead atoms. The molecule has 1 saturated heterocycles. The number of urea groups is 1. The number of benzene rings is 2.